The summed E-state index contributed by atoms with van der Waals surface area (Å²) in [6, 6.07) is 27.8. The molecule has 2 heterocycles. The fourth-order valence-corrected chi connectivity index (χ4v) is 5.46. The molecular weight excluding hydrogens is 372 g/mol. The molecule has 3 heteroatoms. The van der Waals surface area contributed by atoms with Crippen molar-refractivity contribution in [3.8, 4) is 5.69 Å². The highest BCUT2D eigenvalue weighted by molar-refractivity contribution is 7.25. The highest BCUT2D eigenvalue weighted by atomic mass is 32.1. The minimum atomic E-state index is 0.704. The lowest BCUT2D eigenvalue weighted by Crippen LogP contribution is -1.93. The predicted octanol–water partition coefficient (Wildman–Crippen LogP) is 8.01. The number of fused-ring (bicyclic) bond motifs is 6. The smallest absolute Gasteiger partial charge is 0.197 e. The number of thiophene rings is 1. The Bertz CT molecular complexity index is 1630. The number of rotatable bonds is 1. The summed E-state index contributed by atoms with van der Waals surface area (Å²) in [5, 5.41) is 4.76. The lowest BCUT2D eigenvalue weighted by molar-refractivity contribution is 1.19. The molecule has 0 N–H and O–H groups in total. The van der Waals surface area contributed by atoms with Gasteiger partial charge in [-0.1, -0.05) is 42.0 Å². The fraction of sp³-hybridized carbons (Fsp3) is 0.0385. The molecule has 0 saturated carbocycles. The largest absolute Gasteiger partial charge is 0.311 e. The minimum absolute atomic E-state index is 0.704. The van der Waals surface area contributed by atoms with Crippen molar-refractivity contribution in [2.75, 3.05) is 0 Å². The zero-order chi connectivity index (χ0) is 19.5. The summed E-state index contributed by atoms with van der Waals surface area (Å²) in [6.07, 6.45) is 0. The van der Waals surface area contributed by atoms with Gasteiger partial charge in [-0.2, -0.15) is 0 Å². The third-order valence-electron chi connectivity index (χ3n) is 5.66. The topological polar surface area (TPSA) is 9.29 Å². The van der Waals surface area contributed by atoms with E-state index < -0.39 is 0 Å². The first-order valence-corrected chi connectivity index (χ1v) is 10.4. The monoisotopic (exact) mass is 388 g/mol. The van der Waals surface area contributed by atoms with Crippen molar-refractivity contribution in [1.29, 1.82) is 0 Å². The van der Waals surface area contributed by atoms with E-state index in [-0.39, 0.29) is 0 Å². The molecule has 6 aromatic rings. The lowest BCUT2D eigenvalue weighted by Gasteiger charge is -2.08. The molecule has 0 bridgehead atoms. The Kier molecular flexibility index (Phi) is 3.35. The molecular formula is C26H16N2S. The van der Waals surface area contributed by atoms with Crippen LogP contribution in [0.25, 0.3) is 52.5 Å². The lowest BCUT2D eigenvalue weighted by atomic mass is 10.1. The maximum atomic E-state index is 7.63. The molecule has 29 heavy (non-hydrogen) atoms. The first kappa shape index (κ1) is 16.4. The molecule has 0 aliphatic carbocycles. The van der Waals surface area contributed by atoms with Gasteiger partial charge in [0, 0.05) is 36.8 Å². The van der Waals surface area contributed by atoms with E-state index in [9.17, 15) is 0 Å². The van der Waals surface area contributed by atoms with E-state index in [4.69, 9.17) is 6.57 Å². The Morgan fingerprint density at radius 3 is 2.38 bits per heavy atom. The van der Waals surface area contributed by atoms with Crippen LogP contribution in [0.15, 0.2) is 78.9 Å². The second kappa shape index (κ2) is 5.94. The van der Waals surface area contributed by atoms with E-state index >= 15 is 0 Å². The van der Waals surface area contributed by atoms with Crippen LogP contribution < -0.4 is 0 Å². The number of hydrogen-bond acceptors (Lipinski definition) is 1. The van der Waals surface area contributed by atoms with Gasteiger partial charge < -0.3 is 4.57 Å². The van der Waals surface area contributed by atoms with Crippen molar-refractivity contribution in [2.24, 2.45) is 0 Å². The number of hydrogen-bond donors (Lipinski definition) is 0. The third-order valence-corrected chi connectivity index (χ3v) is 6.81. The molecule has 136 valence electrons. The molecule has 0 unspecified atom stereocenters. The van der Waals surface area contributed by atoms with Crippen LogP contribution >= 0.6 is 11.3 Å². The molecule has 0 saturated heterocycles. The Balaban J connectivity index is 1.76. The summed E-state index contributed by atoms with van der Waals surface area (Å²) in [4.78, 5) is 3.79. The molecule has 0 radical (unpaired) electrons. The Hall–Kier alpha value is -3.61. The summed E-state index contributed by atoms with van der Waals surface area (Å²) in [6.45, 7) is 9.77. The summed E-state index contributed by atoms with van der Waals surface area (Å²) >= 11 is 1.84. The summed E-state index contributed by atoms with van der Waals surface area (Å²) in [5.74, 6) is 0. The normalized spacial score (nSPS) is 11.6. The van der Waals surface area contributed by atoms with Crippen molar-refractivity contribution in [2.45, 2.75) is 6.92 Å². The molecule has 4 aromatic carbocycles. The molecule has 6 rings (SSSR count). The molecule has 0 aliphatic rings. The van der Waals surface area contributed by atoms with Gasteiger partial charge in [-0.15, -0.1) is 11.3 Å². The molecule has 0 aliphatic heterocycles. The SMILES string of the molecule is [C-]#[N+]c1cccc2c1c1ccccc1n2-c1ccc2sc3ccc(C)cc3c2c1. The van der Waals surface area contributed by atoms with Gasteiger partial charge in [0.25, 0.3) is 0 Å². The maximum Gasteiger partial charge on any atom is 0.197 e. The summed E-state index contributed by atoms with van der Waals surface area (Å²) in [7, 11) is 0. The van der Waals surface area contributed by atoms with Crippen LogP contribution in [0, 0.1) is 13.5 Å². The Labute approximate surface area is 172 Å². The maximum absolute atomic E-state index is 7.63. The number of aromatic nitrogens is 1. The number of nitrogens with zero attached hydrogens (tertiary/aromatic N) is 2. The van der Waals surface area contributed by atoms with Crippen LogP contribution in [0.2, 0.25) is 0 Å². The van der Waals surface area contributed by atoms with Gasteiger partial charge in [-0.25, -0.2) is 4.85 Å². The van der Waals surface area contributed by atoms with Gasteiger partial charge in [0.1, 0.15) is 0 Å². The van der Waals surface area contributed by atoms with Gasteiger partial charge in [-0.05, 0) is 54.8 Å². The average molecular weight is 388 g/mol. The van der Waals surface area contributed by atoms with Crippen LogP contribution in [0.4, 0.5) is 5.69 Å². The standard InChI is InChI=1S/C26H16N2S/c1-16-10-12-24-19(14-16)20-15-17(11-13-25(20)29-24)28-22-8-4-3-6-18(22)26-21(27-2)7-5-9-23(26)28/h3-15H,1H3. The van der Waals surface area contributed by atoms with Crippen LogP contribution in [-0.4, -0.2) is 4.57 Å². The number of para-hydroxylation sites is 1. The highest BCUT2D eigenvalue weighted by Crippen LogP contribution is 2.40. The first-order chi connectivity index (χ1) is 14.2. The van der Waals surface area contributed by atoms with Gasteiger partial charge >= 0.3 is 0 Å². The Morgan fingerprint density at radius 2 is 1.52 bits per heavy atom. The number of aryl methyl sites for hydroxylation is 1. The molecule has 0 spiro atoms. The van der Waals surface area contributed by atoms with Gasteiger partial charge in [0.15, 0.2) is 5.69 Å². The minimum Gasteiger partial charge on any atom is -0.311 e. The number of benzene rings is 4. The van der Waals surface area contributed by atoms with Crippen LogP contribution in [0.5, 0.6) is 0 Å². The third kappa shape index (κ3) is 2.27. The predicted molar refractivity (Wildman–Crippen MR) is 125 cm³/mol. The molecule has 0 fully saturated rings. The van der Waals surface area contributed by atoms with E-state index in [0.717, 1.165) is 27.5 Å². The van der Waals surface area contributed by atoms with E-state index in [2.05, 4.69) is 77.0 Å². The molecule has 0 amide bonds. The highest BCUT2D eigenvalue weighted by Gasteiger charge is 2.15. The molecule has 2 nitrogen and oxygen atoms in total. The van der Waals surface area contributed by atoms with E-state index in [1.807, 2.05) is 29.5 Å². The second-order valence-corrected chi connectivity index (χ2v) is 8.50. The zero-order valence-corrected chi connectivity index (χ0v) is 16.6. The van der Waals surface area contributed by atoms with Crippen LogP contribution in [-0.2, 0) is 0 Å². The van der Waals surface area contributed by atoms with Crippen LogP contribution in [0.1, 0.15) is 5.56 Å². The zero-order valence-electron chi connectivity index (χ0n) is 15.8. The average Bonchev–Trinajstić information content (AvgIpc) is 3.28. The van der Waals surface area contributed by atoms with Gasteiger partial charge in [0.05, 0.1) is 12.1 Å². The summed E-state index contributed by atoms with van der Waals surface area (Å²) < 4.78 is 4.91. The van der Waals surface area contributed by atoms with Crippen LogP contribution in [0.3, 0.4) is 0 Å². The van der Waals surface area contributed by atoms with Gasteiger partial charge in [0.2, 0.25) is 0 Å². The summed E-state index contributed by atoms with van der Waals surface area (Å²) in [5.41, 5.74) is 5.33. The van der Waals surface area contributed by atoms with E-state index in [0.29, 0.717) is 5.69 Å². The Morgan fingerprint density at radius 1 is 0.759 bits per heavy atom. The van der Waals surface area contributed by atoms with Crippen molar-refractivity contribution in [3.63, 3.8) is 0 Å². The van der Waals surface area contributed by atoms with Crippen molar-refractivity contribution < 1.29 is 0 Å². The van der Waals surface area contributed by atoms with Crippen molar-refractivity contribution in [1.82, 2.24) is 4.57 Å². The quantitative estimate of drug-likeness (QED) is 0.252. The first-order valence-electron chi connectivity index (χ1n) is 9.57. The van der Waals surface area contributed by atoms with Gasteiger partial charge in [-0.3, -0.25) is 0 Å². The van der Waals surface area contributed by atoms with Crippen molar-refractivity contribution >= 4 is 59.0 Å². The van der Waals surface area contributed by atoms with E-state index in [1.54, 1.807) is 0 Å². The van der Waals surface area contributed by atoms with Crippen molar-refractivity contribution in [3.05, 3.63) is 95.8 Å². The second-order valence-electron chi connectivity index (χ2n) is 7.42. The fourth-order valence-electron chi connectivity index (χ4n) is 4.39. The molecule has 2 aromatic heterocycles. The van der Waals surface area contributed by atoms with E-state index in [1.165, 1.54) is 25.7 Å². The molecule has 0 atom stereocenters.